The van der Waals surface area contributed by atoms with Crippen molar-refractivity contribution >= 4 is 33.5 Å². The van der Waals surface area contributed by atoms with E-state index in [1.54, 1.807) is 10.9 Å². The van der Waals surface area contributed by atoms with Crippen LogP contribution in [0.4, 0.5) is 5.82 Å². The Bertz CT molecular complexity index is 1290. The number of hydrogen-bond acceptors (Lipinski definition) is 5. The Hall–Kier alpha value is -3.48. The predicted octanol–water partition coefficient (Wildman–Crippen LogP) is 3.17. The van der Waals surface area contributed by atoms with Gasteiger partial charge >= 0.3 is 0 Å². The molecule has 1 amide bonds. The molecule has 0 fully saturated rings. The summed E-state index contributed by atoms with van der Waals surface area (Å²) in [7, 11) is 3.74. The molecule has 1 aromatic carbocycles. The number of benzene rings is 1. The predicted molar refractivity (Wildman–Crippen MR) is 113 cm³/mol. The number of nitrogens with two attached hydrogens (primary N) is 1. The van der Waals surface area contributed by atoms with E-state index in [4.69, 9.17) is 5.73 Å². The first-order chi connectivity index (χ1) is 13.9. The van der Waals surface area contributed by atoms with Gasteiger partial charge in [-0.15, -0.1) is 0 Å². The number of nitrogens with zero attached hydrogens (tertiary/aromatic N) is 5. The van der Waals surface area contributed by atoms with Gasteiger partial charge in [-0.25, -0.2) is 4.98 Å². The number of carbonyl (C=O) groups excluding carboxylic acids is 1. The van der Waals surface area contributed by atoms with Gasteiger partial charge in [0.2, 0.25) is 0 Å². The summed E-state index contributed by atoms with van der Waals surface area (Å²) in [5.74, 6) is 0.430. The van der Waals surface area contributed by atoms with Crippen LogP contribution < -0.4 is 5.73 Å². The van der Waals surface area contributed by atoms with Gasteiger partial charge in [0.15, 0.2) is 0 Å². The largest absolute Gasteiger partial charge is 0.383 e. The molecule has 3 aromatic heterocycles. The monoisotopic (exact) mass is 386 g/mol. The van der Waals surface area contributed by atoms with Gasteiger partial charge < -0.3 is 10.6 Å². The van der Waals surface area contributed by atoms with Crippen LogP contribution in [0.2, 0.25) is 0 Å². The number of hydrogen-bond donors (Lipinski definition) is 1. The van der Waals surface area contributed by atoms with E-state index in [2.05, 4.69) is 21.1 Å². The third-order valence-electron chi connectivity index (χ3n) is 5.90. The molecule has 7 nitrogen and oxygen atoms in total. The first-order valence-electron chi connectivity index (χ1n) is 9.68. The van der Waals surface area contributed by atoms with Crippen molar-refractivity contribution in [3.8, 4) is 0 Å². The smallest absolute Gasteiger partial charge is 0.254 e. The van der Waals surface area contributed by atoms with E-state index in [0.29, 0.717) is 11.4 Å². The molecule has 0 aliphatic heterocycles. The van der Waals surface area contributed by atoms with Crippen molar-refractivity contribution in [1.82, 2.24) is 24.6 Å². The Balaban J connectivity index is 1.56. The lowest BCUT2D eigenvalue weighted by molar-refractivity contribution is 0.0731. The molecular formula is C22H22N6O. The average molecular weight is 386 g/mol. The van der Waals surface area contributed by atoms with Crippen molar-refractivity contribution in [2.75, 3.05) is 12.8 Å². The minimum atomic E-state index is -0.0162. The molecule has 1 atom stereocenters. The summed E-state index contributed by atoms with van der Waals surface area (Å²) in [6.45, 7) is 2.00. The van der Waals surface area contributed by atoms with Crippen molar-refractivity contribution < 1.29 is 4.79 Å². The van der Waals surface area contributed by atoms with E-state index in [0.717, 1.165) is 51.6 Å². The van der Waals surface area contributed by atoms with Crippen molar-refractivity contribution in [1.29, 1.82) is 0 Å². The quantitative estimate of drug-likeness (QED) is 0.571. The zero-order valence-electron chi connectivity index (χ0n) is 16.7. The average Bonchev–Trinajstić information content (AvgIpc) is 3.30. The number of fused-ring (bicyclic) bond motifs is 4. The molecule has 0 bridgehead atoms. The zero-order chi connectivity index (χ0) is 20.3. The van der Waals surface area contributed by atoms with Crippen molar-refractivity contribution in [3.63, 3.8) is 0 Å². The highest BCUT2D eigenvalue weighted by molar-refractivity contribution is 6.10. The van der Waals surface area contributed by atoms with Crippen LogP contribution in [0, 0.1) is 6.92 Å². The van der Waals surface area contributed by atoms with Crippen molar-refractivity contribution in [3.05, 3.63) is 59.0 Å². The van der Waals surface area contributed by atoms with Crippen LogP contribution in [0.3, 0.4) is 0 Å². The highest BCUT2D eigenvalue weighted by atomic mass is 16.2. The van der Waals surface area contributed by atoms with Gasteiger partial charge in [-0.2, -0.15) is 5.10 Å². The molecule has 0 saturated carbocycles. The molecular weight excluding hydrogens is 364 g/mol. The number of pyridine rings is 2. The van der Waals surface area contributed by atoms with E-state index in [1.165, 1.54) is 0 Å². The number of aromatic nitrogens is 4. The Kier molecular flexibility index (Phi) is 3.81. The molecule has 0 radical (unpaired) electrons. The molecule has 2 N–H and O–H groups in total. The van der Waals surface area contributed by atoms with Gasteiger partial charge in [0.1, 0.15) is 5.82 Å². The molecule has 3 heterocycles. The number of aryl methyl sites for hydroxylation is 3. The zero-order valence-corrected chi connectivity index (χ0v) is 16.7. The van der Waals surface area contributed by atoms with E-state index < -0.39 is 0 Å². The van der Waals surface area contributed by atoms with E-state index in [-0.39, 0.29) is 11.9 Å². The topological polar surface area (TPSA) is 89.9 Å². The minimum Gasteiger partial charge on any atom is -0.383 e. The van der Waals surface area contributed by atoms with Crippen LogP contribution in [0.1, 0.15) is 39.8 Å². The van der Waals surface area contributed by atoms with Crippen LogP contribution in [-0.2, 0) is 13.5 Å². The van der Waals surface area contributed by atoms with Gasteiger partial charge in [0.05, 0.1) is 28.7 Å². The van der Waals surface area contributed by atoms with Crippen LogP contribution in [0.25, 0.3) is 21.8 Å². The molecule has 7 heteroatoms. The summed E-state index contributed by atoms with van der Waals surface area (Å²) in [5, 5.41) is 5.97. The van der Waals surface area contributed by atoms with E-state index in [9.17, 15) is 4.79 Å². The SMILES string of the molecule is Cc1ccc2c(n1)CC[C@@H]2N(C)C(=O)c1ccc2nc(N)c3cnn(C)c3c2c1. The Labute approximate surface area is 168 Å². The normalized spacial score (nSPS) is 15.8. The van der Waals surface area contributed by atoms with Gasteiger partial charge in [0.25, 0.3) is 5.91 Å². The molecule has 0 spiro atoms. The Morgan fingerprint density at radius 3 is 2.86 bits per heavy atom. The lowest BCUT2D eigenvalue weighted by Crippen LogP contribution is -2.30. The maximum atomic E-state index is 13.3. The minimum absolute atomic E-state index is 0.0162. The fourth-order valence-electron chi connectivity index (χ4n) is 4.39. The number of carbonyl (C=O) groups is 1. The fraction of sp³-hybridized carbons (Fsp3) is 0.273. The highest BCUT2D eigenvalue weighted by Gasteiger charge is 2.30. The molecule has 1 aliphatic carbocycles. The third-order valence-corrected chi connectivity index (χ3v) is 5.90. The standard InChI is InChI=1S/C22H22N6O/c1-12-4-6-14-17(25-12)8-9-19(14)27(2)22(29)13-5-7-18-15(10-13)20-16(21(23)26-18)11-24-28(20)3/h4-7,10-11,19H,8-9H2,1-3H3,(H2,23,26)/t19-/m0/s1. The molecule has 4 aromatic rings. The number of anilines is 1. The summed E-state index contributed by atoms with van der Waals surface area (Å²) in [6.07, 6.45) is 3.50. The highest BCUT2D eigenvalue weighted by Crippen LogP contribution is 2.35. The third kappa shape index (κ3) is 2.65. The van der Waals surface area contributed by atoms with Gasteiger partial charge in [-0.1, -0.05) is 6.07 Å². The Morgan fingerprint density at radius 2 is 2.03 bits per heavy atom. The first-order valence-corrected chi connectivity index (χ1v) is 9.68. The second-order valence-corrected chi connectivity index (χ2v) is 7.72. The molecule has 146 valence electrons. The lowest BCUT2D eigenvalue weighted by Gasteiger charge is -2.25. The number of nitrogen functional groups attached to an aromatic ring is 1. The molecule has 1 aliphatic rings. The van der Waals surface area contributed by atoms with Crippen molar-refractivity contribution in [2.24, 2.45) is 7.05 Å². The summed E-state index contributed by atoms with van der Waals surface area (Å²) in [6, 6.07) is 9.73. The summed E-state index contributed by atoms with van der Waals surface area (Å²) >= 11 is 0. The Morgan fingerprint density at radius 1 is 1.21 bits per heavy atom. The van der Waals surface area contributed by atoms with Gasteiger partial charge in [-0.05, 0) is 49.6 Å². The van der Waals surface area contributed by atoms with E-state index >= 15 is 0 Å². The van der Waals surface area contributed by atoms with Crippen LogP contribution >= 0.6 is 0 Å². The second kappa shape index (κ2) is 6.27. The van der Waals surface area contributed by atoms with Gasteiger partial charge in [0, 0.05) is 36.4 Å². The van der Waals surface area contributed by atoms with Crippen LogP contribution in [-0.4, -0.2) is 37.6 Å². The summed E-state index contributed by atoms with van der Waals surface area (Å²) in [4.78, 5) is 24.3. The molecule has 5 rings (SSSR count). The fourth-order valence-corrected chi connectivity index (χ4v) is 4.39. The molecule has 29 heavy (non-hydrogen) atoms. The van der Waals surface area contributed by atoms with Crippen molar-refractivity contribution in [2.45, 2.75) is 25.8 Å². The van der Waals surface area contributed by atoms with Crippen LogP contribution in [0.5, 0.6) is 0 Å². The molecule has 0 saturated heterocycles. The number of rotatable bonds is 2. The van der Waals surface area contributed by atoms with Crippen LogP contribution in [0.15, 0.2) is 36.5 Å². The van der Waals surface area contributed by atoms with E-state index in [1.807, 2.05) is 50.2 Å². The first kappa shape index (κ1) is 17.6. The maximum absolute atomic E-state index is 13.3. The molecule has 0 unspecified atom stereocenters. The lowest BCUT2D eigenvalue weighted by atomic mass is 10.1. The second-order valence-electron chi connectivity index (χ2n) is 7.72. The summed E-state index contributed by atoms with van der Waals surface area (Å²) in [5.41, 5.74) is 11.6. The van der Waals surface area contributed by atoms with Gasteiger partial charge in [-0.3, -0.25) is 14.5 Å². The maximum Gasteiger partial charge on any atom is 0.254 e. The summed E-state index contributed by atoms with van der Waals surface area (Å²) < 4.78 is 1.77. The number of amides is 1.